The first-order valence-electron chi connectivity index (χ1n) is 4.79. The highest BCUT2D eigenvalue weighted by atomic mass is 32.2. The largest absolute Gasteiger partial charge is 0.219 e. The van der Waals surface area contributed by atoms with Crippen LogP contribution in [-0.4, -0.2) is 8.42 Å². The molecule has 74 valence electrons. The normalized spacial score (nSPS) is 19.0. The second-order valence-corrected chi connectivity index (χ2v) is 5.20. The van der Waals surface area contributed by atoms with Crippen LogP contribution in [0.5, 0.6) is 0 Å². The maximum atomic E-state index is 11.3. The molecule has 0 aromatic rings. The topological polar surface area (TPSA) is 34.1 Å². The zero-order valence-electron chi connectivity index (χ0n) is 7.99. The Balaban J connectivity index is 2.32. The summed E-state index contributed by atoms with van der Waals surface area (Å²) in [5.41, 5.74) is 0. The Morgan fingerprint density at radius 1 is 1.23 bits per heavy atom. The molecule has 2 nitrogen and oxygen atoms in total. The van der Waals surface area contributed by atoms with Gasteiger partial charge in [0.05, 0.1) is 0 Å². The molecule has 0 amide bonds. The van der Waals surface area contributed by atoms with Crippen LogP contribution in [0, 0.1) is 0 Å². The lowest BCUT2D eigenvalue weighted by Gasteiger charge is -2.01. The van der Waals surface area contributed by atoms with Crippen LogP contribution >= 0.6 is 0 Å². The van der Waals surface area contributed by atoms with Gasteiger partial charge in [-0.2, -0.15) is 0 Å². The molecule has 1 rings (SSSR count). The zero-order chi connectivity index (χ0) is 9.73. The van der Waals surface area contributed by atoms with Gasteiger partial charge in [0.15, 0.2) is 9.84 Å². The number of hydrogen-bond acceptors (Lipinski definition) is 2. The smallest absolute Gasteiger partial charge is 0.196 e. The molecule has 0 spiro atoms. The number of sulfone groups is 1. The molecule has 0 aromatic heterocycles. The van der Waals surface area contributed by atoms with Gasteiger partial charge in [-0.05, 0) is 25.0 Å². The Hall–Kier alpha value is -0.570. The minimum Gasteiger partial charge on any atom is -0.219 e. The van der Waals surface area contributed by atoms with Crippen molar-refractivity contribution in [3.05, 3.63) is 22.5 Å². The lowest BCUT2D eigenvalue weighted by Crippen LogP contribution is -1.96. The number of allylic oxidation sites excluding steroid dienone is 3. The third-order valence-electron chi connectivity index (χ3n) is 2.18. The minimum absolute atomic E-state index is 0.587. The van der Waals surface area contributed by atoms with Crippen molar-refractivity contribution in [2.24, 2.45) is 0 Å². The van der Waals surface area contributed by atoms with Gasteiger partial charge >= 0.3 is 0 Å². The van der Waals surface area contributed by atoms with Crippen LogP contribution in [0.3, 0.4) is 0 Å². The average molecular weight is 200 g/mol. The summed E-state index contributed by atoms with van der Waals surface area (Å²) in [5, 5.41) is 1.28. The van der Waals surface area contributed by atoms with Crippen molar-refractivity contribution in [1.29, 1.82) is 0 Å². The van der Waals surface area contributed by atoms with E-state index in [0.717, 1.165) is 12.8 Å². The predicted octanol–water partition coefficient (Wildman–Crippen LogP) is 2.78. The van der Waals surface area contributed by atoms with Gasteiger partial charge in [0.2, 0.25) is 0 Å². The molecule has 1 aliphatic heterocycles. The molecule has 3 heteroatoms. The van der Waals surface area contributed by atoms with Crippen LogP contribution in [0.15, 0.2) is 22.5 Å². The van der Waals surface area contributed by atoms with Crippen LogP contribution < -0.4 is 0 Å². The van der Waals surface area contributed by atoms with E-state index in [1.807, 2.05) is 0 Å². The van der Waals surface area contributed by atoms with E-state index in [-0.39, 0.29) is 0 Å². The van der Waals surface area contributed by atoms with Gasteiger partial charge < -0.3 is 0 Å². The van der Waals surface area contributed by atoms with Gasteiger partial charge in [-0.15, -0.1) is 0 Å². The first-order valence-corrected chi connectivity index (χ1v) is 6.34. The molecular formula is C10H16O2S. The summed E-state index contributed by atoms with van der Waals surface area (Å²) >= 11 is 0. The molecule has 0 saturated carbocycles. The van der Waals surface area contributed by atoms with Crippen molar-refractivity contribution in [3.8, 4) is 0 Å². The maximum Gasteiger partial charge on any atom is 0.196 e. The number of hydrogen-bond donors (Lipinski definition) is 0. The first kappa shape index (κ1) is 10.5. The SMILES string of the molecule is CCCCCCC1=CC=CS1(=O)=O. The van der Waals surface area contributed by atoms with E-state index in [4.69, 9.17) is 0 Å². The zero-order valence-corrected chi connectivity index (χ0v) is 8.81. The molecule has 0 aliphatic carbocycles. The van der Waals surface area contributed by atoms with Gasteiger partial charge in [-0.25, -0.2) is 8.42 Å². The molecule has 0 atom stereocenters. The van der Waals surface area contributed by atoms with Crippen LogP contribution in [0.2, 0.25) is 0 Å². The fourth-order valence-corrected chi connectivity index (χ4v) is 2.54. The van der Waals surface area contributed by atoms with E-state index in [2.05, 4.69) is 6.92 Å². The molecule has 0 bridgehead atoms. The van der Waals surface area contributed by atoms with E-state index in [0.29, 0.717) is 11.3 Å². The highest BCUT2D eigenvalue weighted by Crippen LogP contribution is 2.21. The Bertz CT molecular complexity index is 310. The molecule has 0 N–H and O–H groups in total. The van der Waals surface area contributed by atoms with E-state index in [9.17, 15) is 8.42 Å². The molecule has 0 aromatic carbocycles. The molecule has 0 unspecified atom stereocenters. The minimum atomic E-state index is -2.99. The maximum absolute atomic E-state index is 11.3. The molecule has 1 aliphatic rings. The van der Waals surface area contributed by atoms with Crippen molar-refractivity contribution in [1.82, 2.24) is 0 Å². The Kier molecular flexibility index (Phi) is 3.72. The molecule has 0 fully saturated rings. The molecule has 13 heavy (non-hydrogen) atoms. The Morgan fingerprint density at radius 3 is 2.54 bits per heavy atom. The van der Waals surface area contributed by atoms with Gasteiger partial charge in [0.1, 0.15) is 0 Å². The average Bonchev–Trinajstić information content (AvgIpc) is 2.40. The van der Waals surface area contributed by atoms with Gasteiger partial charge in [0, 0.05) is 10.3 Å². The van der Waals surface area contributed by atoms with Crippen LogP contribution in [-0.2, 0) is 9.84 Å². The second kappa shape index (κ2) is 4.61. The summed E-state index contributed by atoms with van der Waals surface area (Å²) in [5.74, 6) is 0. The molecule has 0 saturated heterocycles. The summed E-state index contributed by atoms with van der Waals surface area (Å²) in [4.78, 5) is 0.587. The standard InChI is InChI=1S/C10H16O2S/c1-2-3-4-5-7-10-8-6-9-13(10,11)12/h6,8-9H,2-5,7H2,1H3. The van der Waals surface area contributed by atoms with E-state index < -0.39 is 9.84 Å². The Labute approximate surface area is 80.3 Å². The second-order valence-electron chi connectivity index (χ2n) is 3.32. The third kappa shape index (κ3) is 2.99. The summed E-state index contributed by atoms with van der Waals surface area (Å²) in [6, 6.07) is 0. The fraction of sp³-hybridized carbons (Fsp3) is 0.600. The molecular weight excluding hydrogens is 184 g/mol. The van der Waals surface area contributed by atoms with E-state index in [1.54, 1.807) is 12.2 Å². The summed E-state index contributed by atoms with van der Waals surface area (Å²) in [7, 11) is -2.99. The van der Waals surface area contributed by atoms with Crippen molar-refractivity contribution in [3.63, 3.8) is 0 Å². The van der Waals surface area contributed by atoms with E-state index >= 15 is 0 Å². The van der Waals surface area contributed by atoms with Gasteiger partial charge in [0.25, 0.3) is 0 Å². The quantitative estimate of drug-likeness (QED) is 0.639. The number of unbranched alkanes of at least 4 members (excludes halogenated alkanes) is 3. The van der Waals surface area contributed by atoms with Crippen molar-refractivity contribution >= 4 is 9.84 Å². The predicted molar refractivity (Wildman–Crippen MR) is 54.9 cm³/mol. The van der Waals surface area contributed by atoms with Crippen molar-refractivity contribution < 1.29 is 8.42 Å². The third-order valence-corrected chi connectivity index (χ3v) is 3.77. The lowest BCUT2D eigenvalue weighted by atomic mass is 10.1. The van der Waals surface area contributed by atoms with Gasteiger partial charge in [-0.1, -0.05) is 26.2 Å². The monoisotopic (exact) mass is 200 g/mol. The molecule has 0 radical (unpaired) electrons. The highest BCUT2D eigenvalue weighted by molar-refractivity contribution is 7.98. The van der Waals surface area contributed by atoms with Crippen molar-refractivity contribution in [2.75, 3.05) is 0 Å². The van der Waals surface area contributed by atoms with Crippen LogP contribution in [0.1, 0.15) is 39.0 Å². The fourth-order valence-electron chi connectivity index (χ4n) is 1.38. The van der Waals surface area contributed by atoms with Crippen molar-refractivity contribution in [2.45, 2.75) is 39.0 Å². The van der Waals surface area contributed by atoms with Crippen LogP contribution in [0.25, 0.3) is 0 Å². The molecule has 1 heterocycles. The Morgan fingerprint density at radius 2 is 2.00 bits per heavy atom. The summed E-state index contributed by atoms with van der Waals surface area (Å²) < 4.78 is 22.5. The summed E-state index contributed by atoms with van der Waals surface area (Å²) in [6.07, 6.45) is 8.52. The number of rotatable bonds is 5. The van der Waals surface area contributed by atoms with E-state index in [1.165, 1.54) is 18.2 Å². The summed E-state index contributed by atoms with van der Waals surface area (Å²) in [6.45, 7) is 2.15. The highest BCUT2D eigenvalue weighted by Gasteiger charge is 2.16. The first-order chi connectivity index (χ1) is 6.17. The van der Waals surface area contributed by atoms with Gasteiger partial charge in [-0.3, -0.25) is 0 Å². The van der Waals surface area contributed by atoms with Crippen LogP contribution in [0.4, 0.5) is 0 Å². The lowest BCUT2D eigenvalue weighted by molar-refractivity contribution is 0.605.